The molecule has 19 heavy (non-hydrogen) atoms. The highest BCUT2D eigenvalue weighted by Crippen LogP contribution is 2.26. The van der Waals surface area contributed by atoms with Crippen molar-refractivity contribution < 1.29 is 0 Å². The molecule has 0 heterocycles. The Balaban J connectivity index is 2.11. The highest BCUT2D eigenvalue weighted by molar-refractivity contribution is 5.59. The van der Waals surface area contributed by atoms with Crippen LogP contribution < -0.4 is 0 Å². The Morgan fingerprint density at radius 1 is 0.947 bits per heavy atom. The third-order valence-electron chi connectivity index (χ3n) is 4.00. The van der Waals surface area contributed by atoms with Crippen molar-refractivity contribution in [3.63, 3.8) is 0 Å². The van der Waals surface area contributed by atoms with E-state index in [4.69, 9.17) is 0 Å². The van der Waals surface area contributed by atoms with Gasteiger partial charge in [0, 0.05) is 18.8 Å². The van der Waals surface area contributed by atoms with Crippen LogP contribution in [0.2, 0.25) is 0 Å². The Morgan fingerprint density at radius 3 is 2.32 bits per heavy atom. The second-order valence-corrected chi connectivity index (χ2v) is 5.53. The van der Waals surface area contributed by atoms with Crippen LogP contribution in [0.15, 0.2) is 30.0 Å². The highest BCUT2D eigenvalue weighted by Gasteiger charge is 2.14. The van der Waals surface area contributed by atoms with Gasteiger partial charge in [-0.25, -0.2) is 0 Å². The van der Waals surface area contributed by atoms with Crippen LogP contribution in [-0.4, -0.2) is 18.0 Å². The molecule has 0 radical (unpaired) electrons. The van der Waals surface area contributed by atoms with Crippen LogP contribution in [0.25, 0.3) is 6.08 Å². The monoisotopic (exact) mass is 257 g/mol. The second-order valence-electron chi connectivity index (χ2n) is 5.53. The SMILES string of the molecule is CCCCN(CCCC)C1=Cc2ccccc2CC1. The zero-order chi connectivity index (χ0) is 13.5. The molecule has 1 aromatic carbocycles. The lowest BCUT2D eigenvalue weighted by Gasteiger charge is -2.30. The van der Waals surface area contributed by atoms with E-state index in [1.54, 1.807) is 5.70 Å². The Kier molecular flexibility index (Phi) is 5.50. The van der Waals surface area contributed by atoms with Crippen LogP contribution in [0.1, 0.15) is 57.1 Å². The van der Waals surface area contributed by atoms with Crippen LogP contribution in [0.4, 0.5) is 0 Å². The van der Waals surface area contributed by atoms with E-state index in [0.29, 0.717) is 0 Å². The minimum absolute atomic E-state index is 1.21. The molecule has 0 aliphatic heterocycles. The van der Waals surface area contributed by atoms with Gasteiger partial charge in [-0.2, -0.15) is 0 Å². The summed E-state index contributed by atoms with van der Waals surface area (Å²) in [6, 6.07) is 8.83. The third-order valence-corrected chi connectivity index (χ3v) is 4.00. The van der Waals surface area contributed by atoms with Gasteiger partial charge in [-0.05, 0) is 42.9 Å². The topological polar surface area (TPSA) is 3.24 Å². The van der Waals surface area contributed by atoms with E-state index in [0.717, 1.165) is 0 Å². The summed E-state index contributed by atoms with van der Waals surface area (Å²) in [4.78, 5) is 2.63. The predicted molar refractivity (Wildman–Crippen MR) is 84.1 cm³/mol. The quantitative estimate of drug-likeness (QED) is 0.673. The second kappa shape index (κ2) is 7.37. The summed E-state index contributed by atoms with van der Waals surface area (Å²) in [6.45, 7) is 7.01. The van der Waals surface area contributed by atoms with E-state index in [1.165, 1.54) is 62.7 Å². The van der Waals surface area contributed by atoms with E-state index >= 15 is 0 Å². The van der Waals surface area contributed by atoms with Crippen molar-refractivity contribution in [3.05, 3.63) is 41.1 Å². The van der Waals surface area contributed by atoms with Gasteiger partial charge in [0.15, 0.2) is 0 Å². The van der Waals surface area contributed by atoms with E-state index in [9.17, 15) is 0 Å². The fourth-order valence-electron chi connectivity index (χ4n) is 2.76. The van der Waals surface area contributed by atoms with Crippen LogP contribution in [0, 0.1) is 0 Å². The Bertz CT molecular complexity index is 411. The molecule has 2 rings (SSSR count). The van der Waals surface area contributed by atoms with Crippen molar-refractivity contribution in [2.45, 2.75) is 52.4 Å². The first-order valence-corrected chi connectivity index (χ1v) is 7.88. The lowest BCUT2D eigenvalue weighted by Crippen LogP contribution is -2.26. The van der Waals surface area contributed by atoms with E-state index in [2.05, 4.69) is 49.1 Å². The molecule has 0 saturated carbocycles. The largest absolute Gasteiger partial charge is 0.375 e. The molecule has 0 atom stereocenters. The van der Waals surface area contributed by atoms with Gasteiger partial charge < -0.3 is 4.90 Å². The fourth-order valence-corrected chi connectivity index (χ4v) is 2.76. The van der Waals surface area contributed by atoms with Crippen molar-refractivity contribution in [1.29, 1.82) is 0 Å². The smallest absolute Gasteiger partial charge is 0.0174 e. The van der Waals surface area contributed by atoms with Crippen molar-refractivity contribution in [2.75, 3.05) is 13.1 Å². The van der Waals surface area contributed by atoms with Gasteiger partial charge in [-0.15, -0.1) is 0 Å². The first-order valence-electron chi connectivity index (χ1n) is 7.88. The number of aryl methyl sites for hydroxylation is 1. The zero-order valence-electron chi connectivity index (χ0n) is 12.5. The number of rotatable bonds is 7. The molecule has 1 aromatic rings. The van der Waals surface area contributed by atoms with E-state index < -0.39 is 0 Å². The average Bonchev–Trinajstić information content (AvgIpc) is 2.47. The fraction of sp³-hybridized carbons (Fsp3) is 0.556. The molecule has 0 N–H and O–H groups in total. The van der Waals surface area contributed by atoms with Crippen LogP contribution in [0.5, 0.6) is 0 Å². The van der Waals surface area contributed by atoms with Crippen molar-refractivity contribution >= 4 is 6.08 Å². The molecule has 0 saturated heterocycles. The normalized spacial score (nSPS) is 13.9. The number of benzene rings is 1. The maximum atomic E-state index is 2.63. The summed E-state index contributed by atoms with van der Waals surface area (Å²) < 4.78 is 0. The number of hydrogen-bond donors (Lipinski definition) is 0. The van der Waals surface area contributed by atoms with Crippen LogP contribution in [0.3, 0.4) is 0 Å². The molecule has 1 aliphatic rings. The van der Waals surface area contributed by atoms with Gasteiger partial charge in [-0.1, -0.05) is 51.0 Å². The van der Waals surface area contributed by atoms with Crippen LogP contribution >= 0.6 is 0 Å². The minimum Gasteiger partial charge on any atom is -0.375 e. The summed E-state index contributed by atoms with van der Waals surface area (Å²) in [5.41, 5.74) is 4.50. The Labute approximate surface area is 118 Å². The maximum absolute atomic E-state index is 2.63. The molecule has 1 aliphatic carbocycles. The Morgan fingerprint density at radius 2 is 1.63 bits per heavy atom. The van der Waals surface area contributed by atoms with Gasteiger partial charge in [-0.3, -0.25) is 0 Å². The lowest BCUT2D eigenvalue weighted by molar-refractivity contribution is 0.322. The first-order chi connectivity index (χ1) is 9.35. The van der Waals surface area contributed by atoms with Gasteiger partial charge >= 0.3 is 0 Å². The molecule has 0 bridgehead atoms. The van der Waals surface area contributed by atoms with Crippen molar-refractivity contribution in [3.8, 4) is 0 Å². The number of nitrogens with zero attached hydrogens (tertiary/aromatic N) is 1. The minimum atomic E-state index is 1.21. The molecule has 0 unspecified atom stereocenters. The molecule has 0 aromatic heterocycles. The summed E-state index contributed by atoms with van der Waals surface area (Å²) >= 11 is 0. The number of hydrogen-bond acceptors (Lipinski definition) is 1. The highest BCUT2D eigenvalue weighted by atomic mass is 15.1. The Hall–Kier alpha value is -1.24. The molecule has 0 amide bonds. The predicted octanol–water partition coefficient (Wildman–Crippen LogP) is 4.88. The summed E-state index contributed by atoms with van der Waals surface area (Å²) in [5.74, 6) is 0. The standard InChI is InChI=1S/C18H27N/c1-3-5-13-19(14-6-4-2)18-12-11-16-9-7-8-10-17(16)15-18/h7-10,15H,3-6,11-14H2,1-2H3. The van der Waals surface area contributed by atoms with E-state index in [1.807, 2.05) is 0 Å². The summed E-state index contributed by atoms with van der Waals surface area (Å²) in [6.07, 6.45) is 10.0. The lowest BCUT2D eigenvalue weighted by atomic mass is 9.94. The average molecular weight is 257 g/mol. The maximum Gasteiger partial charge on any atom is 0.0174 e. The molecule has 1 nitrogen and oxygen atoms in total. The number of fused-ring (bicyclic) bond motifs is 1. The summed E-state index contributed by atoms with van der Waals surface area (Å²) in [5, 5.41) is 0. The molecule has 0 spiro atoms. The number of allylic oxidation sites excluding steroid dienone is 1. The number of unbranched alkanes of at least 4 members (excludes halogenated alkanes) is 2. The molecular weight excluding hydrogens is 230 g/mol. The zero-order valence-corrected chi connectivity index (χ0v) is 12.5. The summed E-state index contributed by atoms with van der Waals surface area (Å²) in [7, 11) is 0. The van der Waals surface area contributed by atoms with Crippen LogP contribution in [-0.2, 0) is 6.42 Å². The van der Waals surface area contributed by atoms with E-state index in [-0.39, 0.29) is 0 Å². The van der Waals surface area contributed by atoms with Crippen molar-refractivity contribution in [1.82, 2.24) is 4.90 Å². The molecule has 104 valence electrons. The molecular formula is C18H27N. The molecule has 0 fully saturated rings. The first kappa shape index (κ1) is 14.2. The van der Waals surface area contributed by atoms with Crippen molar-refractivity contribution in [2.24, 2.45) is 0 Å². The third kappa shape index (κ3) is 3.86. The molecule has 1 heteroatoms. The van der Waals surface area contributed by atoms with Gasteiger partial charge in [0.25, 0.3) is 0 Å². The van der Waals surface area contributed by atoms with Gasteiger partial charge in [0.05, 0.1) is 0 Å². The van der Waals surface area contributed by atoms with Gasteiger partial charge in [0.1, 0.15) is 0 Å². The van der Waals surface area contributed by atoms with Gasteiger partial charge in [0.2, 0.25) is 0 Å².